The van der Waals surface area contributed by atoms with E-state index in [2.05, 4.69) is 53.6 Å². The maximum Gasteiger partial charge on any atom is 0.0267 e. The van der Waals surface area contributed by atoms with E-state index < -0.39 is 0 Å². The van der Waals surface area contributed by atoms with Crippen molar-refractivity contribution in [3.05, 3.63) is 47.5 Å². The summed E-state index contributed by atoms with van der Waals surface area (Å²) in [5, 5.41) is 3.31. The van der Waals surface area contributed by atoms with Crippen LogP contribution in [-0.2, 0) is 13.0 Å². The molecular weight excluding hydrogens is 208 g/mol. The second-order valence-corrected chi connectivity index (χ2v) is 4.68. The number of hydrogen-bond acceptors (Lipinski definition) is 2. The van der Waals surface area contributed by atoms with E-state index in [1.807, 2.05) is 7.05 Å². The number of fused-ring (bicyclic) bond motifs is 1. The zero-order chi connectivity index (χ0) is 12.1. The molecule has 17 heavy (non-hydrogen) atoms. The molecule has 2 heteroatoms. The van der Waals surface area contributed by atoms with Crippen molar-refractivity contribution in [2.75, 3.05) is 20.1 Å². The van der Waals surface area contributed by atoms with Gasteiger partial charge in [0.15, 0.2) is 0 Å². The third-order valence-corrected chi connectivity index (χ3v) is 3.48. The SMILES string of the molecule is C/C=C/CN1Cc2ccccc2CC1CNC. The predicted molar refractivity (Wildman–Crippen MR) is 73.1 cm³/mol. The highest BCUT2D eigenvalue weighted by atomic mass is 15.2. The maximum atomic E-state index is 3.31. The summed E-state index contributed by atoms with van der Waals surface area (Å²) in [4.78, 5) is 2.55. The molecule has 0 amide bonds. The minimum atomic E-state index is 0.617. The number of benzene rings is 1. The van der Waals surface area contributed by atoms with Crippen LogP contribution in [0.15, 0.2) is 36.4 Å². The van der Waals surface area contributed by atoms with Crippen LogP contribution in [0.3, 0.4) is 0 Å². The molecule has 0 bridgehead atoms. The number of allylic oxidation sites excluding steroid dienone is 1. The van der Waals surface area contributed by atoms with Crippen molar-refractivity contribution in [2.24, 2.45) is 0 Å². The van der Waals surface area contributed by atoms with Crippen LogP contribution in [0.25, 0.3) is 0 Å². The van der Waals surface area contributed by atoms with Crippen molar-refractivity contribution in [1.82, 2.24) is 10.2 Å². The summed E-state index contributed by atoms with van der Waals surface area (Å²) in [6.07, 6.45) is 5.54. The molecule has 0 radical (unpaired) electrons. The van der Waals surface area contributed by atoms with Crippen molar-refractivity contribution in [1.29, 1.82) is 0 Å². The molecule has 1 atom stereocenters. The molecule has 92 valence electrons. The summed E-state index contributed by atoms with van der Waals surface area (Å²) in [5.41, 5.74) is 3.01. The van der Waals surface area contributed by atoms with Crippen molar-refractivity contribution in [3.8, 4) is 0 Å². The summed E-state index contributed by atoms with van der Waals surface area (Å²) in [7, 11) is 2.04. The zero-order valence-corrected chi connectivity index (χ0v) is 10.8. The lowest BCUT2D eigenvalue weighted by molar-refractivity contribution is 0.189. The Hall–Kier alpha value is -1.12. The molecule has 1 heterocycles. The molecule has 0 saturated heterocycles. The minimum Gasteiger partial charge on any atom is -0.318 e. The van der Waals surface area contributed by atoms with Gasteiger partial charge in [0.05, 0.1) is 0 Å². The monoisotopic (exact) mass is 230 g/mol. The molecule has 0 fully saturated rings. The van der Waals surface area contributed by atoms with Gasteiger partial charge < -0.3 is 5.32 Å². The average molecular weight is 230 g/mol. The van der Waals surface area contributed by atoms with Crippen LogP contribution in [0.1, 0.15) is 18.1 Å². The highest BCUT2D eigenvalue weighted by molar-refractivity contribution is 5.30. The molecule has 0 aliphatic carbocycles. The Bertz CT molecular complexity index is 384. The fourth-order valence-corrected chi connectivity index (χ4v) is 2.53. The molecule has 1 aromatic carbocycles. The number of nitrogens with one attached hydrogen (secondary N) is 1. The lowest BCUT2D eigenvalue weighted by atomic mass is 9.94. The normalized spacial score (nSPS) is 20.7. The highest BCUT2D eigenvalue weighted by Crippen LogP contribution is 2.22. The van der Waals surface area contributed by atoms with Gasteiger partial charge in [-0.25, -0.2) is 0 Å². The Kier molecular flexibility index (Phi) is 4.35. The van der Waals surface area contributed by atoms with Crippen molar-refractivity contribution in [2.45, 2.75) is 25.9 Å². The molecule has 1 aliphatic rings. The molecule has 0 aromatic heterocycles. The molecule has 2 nitrogen and oxygen atoms in total. The van der Waals surface area contributed by atoms with Crippen LogP contribution in [0, 0.1) is 0 Å². The Labute approximate surface area is 104 Å². The standard InChI is InChI=1S/C15H22N2/c1-3-4-9-17-12-14-8-6-5-7-13(14)10-15(17)11-16-2/h3-8,15-16H,9-12H2,1-2H3/b4-3+. The lowest BCUT2D eigenvalue weighted by Gasteiger charge is -2.36. The predicted octanol–water partition coefficient (Wildman–Crippen LogP) is 2.21. The van der Waals surface area contributed by atoms with E-state index >= 15 is 0 Å². The third-order valence-electron chi connectivity index (χ3n) is 3.48. The van der Waals surface area contributed by atoms with Gasteiger partial charge in [0.1, 0.15) is 0 Å². The van der Waals surface area contributed by atoms with Gasteiger partial charge in [-0.2, -0.15) is 0 Å². The summed E-state index contributed by atoms with van der Waals surface area (Å²) < 4.78 is 0. The Morgan fingerprint density at radius 2 is 2.12 bits per heavy atom. The van der Waals surface area contributed by atoms with E-state index in [0.29, 0.717) is 6.04 Å². The van der Waals surface area contributed by atoms with Crippen molar-refractivity contribution in [3.63, 3.8) is 0 Å². The number of nitrogens with zero attached hydrogens (tertiary/aromatic N) is 1. The minimum absolute atomic E-state index is 0.617. The van der Waals surface area contributed by atoms with Crippen LogP contribution in [0.5, 0.6) is 0 Å². The molecule has 1 N–H and O–H groups in total. The molecule has 1 aliphatic heterocycles. The van der Waals surface area contributed by atoms with Crippen LogP contribution in [-0.4, -0.2) is 31.1 Å². The Balaban J connectivity index is 2.15. The first-order valence-electron chi connectivity index (χ1n) is 6.41. The van der Waals surface area contributed by atoms with Gasteiger partial charge in [-0.1, -0.05) is 36.4 Å². The van der Waals surface area contributed by atoms with E-state index in [1.54, 1.807) is 0 Å². The lowest BCUT2D eigenvalue weighted by Crippen LogP contribution is -2.45. The van der Waals surface area contributed by atoms with E-state index in [0.717, 1.165) is 26.1 Å². The van der Waals surface area contributed by atoms with Gasteiger partial charge in [0, 0.05) is 25.7 Å². The quantitative estimate of drug-likeness (QED) is 0.798. The van der Waals surface area contributed by atoms with Gasteiger partial charge in [-0.05, 0) is 31.5 Å². The molecule has 1 unspecified atom stereocenters. The molecule has 1 aromatic rings. The van der Waals surface area contributed by atoms with Crippen LogP contribution < -0.4 is 5.32 Å². The van der Waals surface area contributed by atoms with Gasteiger partial charge in [-0.15, -0.1) is 0 Å². The first-order chi connectivity index (χ1) is 8.35. The van der Waals surface area contributed by atoms with Crippen LogP contribution >= 0.6 is 0 Å². The summed E-state index contributed by atoms with van der Waals surface area (Å²) >= 11 is 0. The fraction of sp³-hybridized carbons (Fsp3) is 0.467. The van der Waals surface area contributed by atoms with E-state index in [9.17, 15) is 0 Å². The number of hydrogen-bond donors (Lipinski definition) is 1. The number of rotatable bonds is 4. The summed E-state index contributed by atoms with van der Waals surface area (Å²) in [6.45, 7) is 5.28. The first-order valence-corrected chi connectivity index (χ1v) is 6.41. The topological polar surface area (TPSA) is 15.3 Å². The van der Waals surface area contributed by atoms with E-state index in [4.69, 9.17) is 0 Å². The van der Waals surface area contributed by atoms with Gasteiger partial charge >= 0.3 is 0 Å². The maximum absolute atomic E-state index is 3.31. The Morgan fingerprint density at radius 1 is 1.35 bits per heavy atom. The second-order valence-electron chi connectivity index (χ2n) is 4.68. The summed E-state index contributed by atoms with van der Waals surface area (Å²) in [6, 6.07) is 9.44. The molecule has 0 saturated carbocycles. The molecular formula is C15H22N2. The summed E-state index contributed by atoms with van der Waals surface area (Å²) in [5.74, 6) is 0. The van der Waals surface area contributed by atoms with Gasteiger partial charge in [0.2, 0.25) is 0 Å². The Morgan fingerprint density at radius 3 is 2.82 bits per heavy atom. The molecule has 0 spiro atoms. The van der Waals surface area contributed by atoms with E-state index in [-0.39, 0.29) is 0 Å². The number of likely N-dealkylation sites (N-methyl/N-ethyl adjacent to an activating group) is 1. The van der Waals surface area contributed by atoms with Crippen LogP contribution in [0.2, 0.25) is 0 Å². The molecule has 2 rings (SSSR count). The first kappa shape index (κ1) is 12.3. The van der Waals surface area contributed by atoms with Crippen LogP contribution in [0.4, 0.5) is 0 Å². The second kappa shape index (κ2) is 5.99. The smallest absolute Gasteiger partial charge is 0.0267 e. The zero-order valence-electron chi connectivity index (χ0n) is 10.8. The van der Waals surface area contributed by atoms with E-state index in [1.165, 1.54) is 11.1 Å². The van der Waals surface area contributed by atoms with Gasteiger partial charge in [0.25, 0.3) is 0 Å². The fourth-order valence-electron chi connectivity index (χ4n) is 2.53. The van der Waals surface area contributed by atoms with Crippen molar-refractivity contribution >= 4 is 0 Å². The highest BCUT2D eigenvalue weighted by Gasteiger charge is 2.24. The van der Waals surface area contributed by atoms with Crippen molar-refractivity contribution < 1.29 is 0 Å². The third kappa shape index (κ3) is 2.96. The average Bonchev–Trinajstić information content (AvgIpc) is 2.36. The largest absolute Gasteiger partial charge is 0.318 e. The van der Waals surface area contributed by atoms with Gasteiger partial charge in [-0.3, -0.25) is 4.90 Å².